The molecule has 1 aromatic heterocycles. The SMILES string of the molecule is CCOc1ccc(Nc2ccc(C(=O)Nc3ccc(C)cc3C)nn2)cc1. The Hall–Kier alpha value is -3.41. The number of benzene rings is 2. The van der Waals surface area contributed by atoms with Gasteiger partial charge in [0.05, 0.1) is 6.61 Å². The molecule has 6 heteroatoms. The number of carbonyl (C=O) groups is 1. The summed E-state index contributed by atoms with van der Waals surface area (Å²) in [5.74, 6) is 1.08. The summed E-state index contributed by atoms with van der Waals surface area (Å²) in [7, 11) is 0. The van der Waals surface area contributed by atoms with Gasteiger partial charge in [0.2, 0.25) is 0 Å². The maximum Gasteiger partial charge on any atom is 0.276 e. The van der Waals surface area contributed by atoms with E-state index in [-0.39, 0.29) is 11.6 Å². The zero-order valence-corrected chi connectivity index (χ0v) is 15.6. The van der Waals surface area contributed by atoms with Gasteiger partial charge in [0.25, 0.3) is 5.91 Å². The summed E-state index contributed by atoms with van der Waals surface area (Å²) in [6.07, 6.45) is 0. The predicted octanol–water partition coefficient (Wildman–Crippen LogP) is 4.49. The number of amides is 1. The lowest BCUT2D eigenvalue weighted by molar-refractivity contribution is 0.102. The highest BCUT2D eigenvalue weighted by atomic mass is 16.5. The van der Waals surface area contributed by atoms with Crippen molar-refractivity contribution in [3.05, 3.63) is 71.4 Å². The number of aromatic nitrogens is 2. The third-order valence-corrected chi connectivity index (χ3v) is 3.97. The van der Waals surface area contributed by atoms with Crippen LogP contribution in [-0.2, 0) is 0 Å². The summed E-state index contributed by atoms with van der Waals surface area (Å²) < 4.78 is 5.42. The van der Waals surface area contributed by atoms with Gasteiger partial charge in [0.15, 0.2) is 11.5 Å². The van der Waals surface area contributed by atoms with Gasteiger partial charge in [-0.15, -0.1) is 10.2 Å². The quantitative estimate of drug-likeness (QED) is 0.676. The second-order valence-electron chi connectivity index (χ2n) is 6.16. The molecule has 1 amide bonds. The molecule has 138 valence electrons. The third-order valence-electron chi connectivity index (χ3n) is 3.97. The van der Waals surface area contributed by atoms with E-state index in [1.807, 2.05) is 63.2 Å². The van der Waals surface area contributed by atoms with Gasteiger partial charge in [-0.1, -0.05) is 17.7 Å². The number of hydrogen-bond acceptors (Lipinski definition) is 5. The van der Waals surface area contributed by atoms with Gasteiger partial charge in [0, 0.05) is 11.4 Å². The smallest absolute Gasteiger partial charge is 0.276 e. The average Bonchev–Trinajstić information content (AvgIpc) is 2.66. The molecule has 1 heterocycles. The zero-order chi connectivity index (χ0) is 19.2. The van der Waals surface area contributed by atoms with Crippen molar-refractivity contribution in [3.63, 3.8) is 0 Å². The second-order valence-corrected chi connectivity index (χ2v) is 6.16. The molecule has 0 saturated carbocycles. The van der Waals surface area contributed by atoms with Crippen molar-refractivity contribution in [1.29, 1.82) is 0 Å². The summed E-state index contributed by atoms with van der Waals surface area (Å²) in [5.41, 5.74) is 4.04. The topological polar surface area (TPSA) is 76.1 Å². The summed E-state index contributed by atoms with van der Waals surface area (Å²) in [4.78, 5) is 12.4. The molecular weight excluding hydrogens is 340 g/mol. The Kier molecular flexibility index (Phi) is 5.66. The van der Waals surface area contributed by atoms with Gasteiger partial charge in [-0.05, 0) is 68.8 Å². The van der Waals surface area contributed by atoms with Crippen molar-refractivity contribution in [2.75, 3.05) is 17.2 Å². The van der Waals surface area contributed by atoms with E-state index < -0.39 is 0 Å². The number of anilines is 3. The van der Waals surface area contributed by atoms with E-state index in [9.17, 15) is 4.79 Å². The van der Waals surface area contributed by atoms with Gasteiger partial charge in [-0.3, -0.25) is 4.79 Å². The summed E-state index contributed by atoms with van der Waals surface area (Å²) >= 11 is 0. The highest BCUT2D eigenvalue weighted by Crippen LogP contribution is 2.19. The highest BCUT2D eigenvalue weighted by Gasteiger charge is 2.10. The Morgan fingerprint density at radius 2 is 1.78 bits per heavy atom. The average molecular weight is 362 g/mol. The van der Waals surface area contributed by atoms with Gasteiger partial charge in [-0.2, -0.15) is 0 Å². The van der Waals surface area contributed by atoms with Crippen LogP contribution in [0, 0.1) is 13.8 Å². The Labute approximate surface area is 158 Å². The first-order valence-electron chi connectivity index (χ1n) is 8.77. The first kappa shape index (κ1) is 18.4. The molecular formula is C21H22N4O2. The lowest BCUT2D eigenvalue weighted by Gasteiger charge is -2.09. The molecule has 3 rings (SSSR count). The van der Waals surface area contributed by atoms with E-state index in [4.69, 9.17) is 4.74 Å². The summed E-state index contributed by atoms with van der Waals surface area (Å²) in [6, 6.07) is 16.8. The van der Waals surface area contributed by atoms with Crippen LogP contribution in [0.25, 0.3) is 0 Å². The van der Waals surface area contributed by atoms with Crippen LogP contribution < -0.4 is 15.4 Å². The molecule has 0 fully saturated rings. The predicted molar refractivity (Wildman–Crippen MR) is 107 cm³/mol. The molecule has 0 spiro atoms. The molecule has 0 radical (unpaired) electrons. The number of carbonyl (C=O) groups excluding carboxylic acids is 1. The minimum Gasteiger partial charge on any atom is -0.494 e. The van der Waals surface area contributed by atoms with Crippen LogP contribution in [0.1, 0.15) is 28.5 Å². The molecule has 3 aromatic rings. The van der Waals surface area contributed by atoms with Crippen molar-refractivity contribution in [1.82, 2.24) is 10.2 Å². The van der Waals surface area contributed by atoms with E-state index in [2.05, 4.69) is 20.8 Å². The molecule has 27 heavy (non-hydrogen) atoms. The van der Waals surface area contributed by atoms with Gasteiger partial charge < -0.3 is 15.4 Å². The number of rotatable bonds is 6. The number of aryl methyl sites for hydroxylation is 2. The monoisotopic (exact) mass is 362 g/mol. The number of nitrogens with one attached hydrogen (secondary N) is 2. The largest absolute Gasteiger partial charge is 0.494 e. The normalized spacial score (nSPS) is 10.3. The lowest BCUT2D eigenvalue weighted by Crippen LogP contribution is -2.15. The maximum atomic E-state index is 12.4. The van der Waals surface area contributed by atoms with Crippen molar-refractivity contribution >= 4 is 23.1 Å². The maximum absolute atomic E-state index is 12.4. The van der Waals surface area contributed by atoms with Crippen LogP contribution in [0.3, 0.4) is 0 Å². The zero-order valence-electron chi connectivity index (χ0n) is 15.6. The number of hydrogen-bond donors (Lipinski definition) is 2. The van der Waals surface area contributed by atoms with Crippen LogP contribution in [-0.4, -0.2) is 22.7 Å². The summed E-state index contributed by atoms with van der Waals surface area (Å²) in [5, 5.41) is 14.1. The molecule has 0 atom stereocenters. The van der Waals surface area contributed by atoms with Crippen LogP contribution in [0.15, 0.2) is 54.6 Å². The Morgan fingerprint density at radius 1 is 1.00 bits per heavy atom. The molecule has 2 N–H and O–H groups in total. The Balaban J connectivity index is 1.64. The second kappa shape index (κ2) is 8.31. The first-order valence-corrected chi connectivity index (χ1v) is 8.77. The molecule has 0 unspecified atom stereocenters. The van der Waals surface area contributed by atoms with Crippen molar-refractivity contribution in [2.45, 2.75) is 20.8 Å². The molecule has 0 bridgehead atoms. The first-order chi connectivity index (χ1) is 13.0. The lowest BCUT2D eigenvalue weighted by atomic mass is 10.1. The highest BCUT2D eigenvalue weighted by molar-refractivity contribution is 6.03. The van der Waals surface area contributed by atoms with E-state index >= 15 is 0 Å². The van der Waals surface area contributed by atoms with Crippen LogP contribution in [0.4, 0.5) is 17.2 Å². The fraction of sp³-hybridized carbons (Fsp3) is 0.190. The molecule has 0 aliphatic carbocycles. The van der Waals surface area contributed by atoms with E-state index in [0.717, 1.165) is 28.3 Å². The molecule has 0 aliphatic rings. The van der Waals surface area contributed by atoms with E-state index in [1.54, 1.807) is 12.1 Å². The van der Waals surface area contributed by atoms with Gasteiger partial charge in [0.1, 0.15) is 5.75 Å². The third kappa shape index (κ3) is 4.82. The molecule has 6 nitrogen and oxygen atoms in total. The van der Waals surface area contributed by atoms with E-state index in [1.165, 1.54) is 0 Å². The van der Waals surface area contributed by atoms with Crippen LogP contribution in [0.2, 0.25) is 0 Å². The summed E-state index contributed by atoms with van der Waals surface area (Å²) in [6.45, 7) is 6.54. The fourth-order valence-corrected chi connectivity index (χ4v) is 2.61. The van der Waals surface area contributed by atoms with Crippen molar-refractivity contribution < 1.29 is 9.53 Å². The minimum atomic E-state index is -0.290. The standard InChI is InChI=1S/C21H22N4O2/c1-4-27-17-8-6-16(7-9-17)22-20-12-11-19(24-25-20)21(26)23-18-10-5-14(2)13-15(18)3/h5-13H,4H2,1-3H3,(H,22,25)(H,23,26). The minimum absolute atomic E-state index is 0.257. The van der Waals surface area contributed by atoms with Gasteiger partial charge >= 0.3 is 0 Å². The van der Waals surface area contributed by atoms with Crippen molar-refractivity contribution in [2.24, 2.45) is 0 Å². The van der Waals surface area contributed by atoms with E-state index in [0.29, 0.717) is 12.4 Å². The molecule has 2 aromatic carbocycles. The molecule has 0 aliphatic heterocycles. The Bertz CT molecular complexity index is 922. The number of ether oxygens (including phenoxy) is 1. The van der Waals surface area contributed by atoms with Crippen LogP contribution >= 0.6 is 0 Å². The molecule has 0 saturated heterocycles. The van der Waals surface area contributed by atoms with Crippen LogP contribution in [0.5, 0.6) is 5.75 Å². The fourth-order valence-electron chi connectivity index (χ4n) is 2.61. The van der Waals surface area contributed by atoms with Crippen molar-refractivity contribution in [3.8, 4) is 5.75 Å². The number of nitrogens with zero attached hydrogens (tertiary/aromatic N) is 2. The Morgan fingerprint density at radius 3 is 2.41 bits per heavy atom. The van der Waals surface area contributed by atoms with Gasteiger partial charge in [-0.25, -0.2) is 0 Å².